The van der Waals surface area contributed by atoms with E-state index < -0.39 is 0 Å². The SMILES string of the molecule is COc1cccc(CC(=O)Nc2cnc(Cl)c(C)c2)c1. The van der Waals surface area contributed by atoms with Gasteiger partial charge in [-0.3, -0.25) is 4.79 Å². The van der Waals surface area contributed by atoms with Crippen LogP contribution in [0.4, 0.5) is 5.69 Å². The minimum absolute atomic E-state index is 0.109. The van der Waals surface area contributed by atoms with Crippen LogP contribution in [0, 0.1) is 6.92 Å². The van der Waals surface area contributed by atoms with Crippen LogP contribution >= 0.6 is 11.6 Å². The van der Waals surface area contributed by atoms with E-state index in [9.17, 15) is 4.79 Å². The van der Waals surface area contributed by atoms with Crippen molar-refractivity contribution in [3.05, 3.63) is 52.8 Å². The van der Waals surface area contributed by atoms with E-state index in [1.54, 1.807) is 19.4 Å². The predicted molar refractivity (Wildman–Crippen MR) is 79.3 cm³/mol. The summed E-state index contributed by atoms with van der Waals surface area (Å²) in [7, 11) is 1.60. The quantitative estimate of drug-likeness (QED) is 0.880. The van der Waals surface area contributed by atoms with E-state index in [1.807, 2.05) is 31.2 Å². The van der Waals surface area contributed by atoms with Crippen LogP contribution in [0.3, 0.4) is 0 Å². The Hall–Kier alpha value is -2.07. The van der Waals surface area contributed by atoms with E-state index >= 15 is 0 Å². The summed E-state index contributed by atoms with van der Waals surface area (Å²) in [6.07, 6.45) is 1.82. The maximum atomic E-state index is 12.0. The van der Waals surface area contributed by atoms with Crippen LogP contribution in [0.2, 0.25) is 5.15 Å². The lowest BCUT2D eigenvalue weighted by Gasteiger charge is -2.07. The number of hydrogen-bond acceptors (Lipinski definition) is 3. The van der Waals surface area contributed by atoms with Gasteiger partial charge in [-0.15, -0.1) is 0 Å². The molecule has 0 spiro atoms. The van der Waals surface area contributed by atoms with E-state index in [-0.39, 0.29) is 12.3 Å². The normalized spacial score (nSPS) is 10.2. The summed E-state index contributed by atoms with van der Waals surface area (Å²) >= 11 is 5.84. The number of nitrogens with zero attached hydrogens (tertiary/aromatic N) is 1. The van der Waals surface area contributed by atoms with E-state index in [1.165, 1.54) is 0 Å². The van der Waals surface area contributed by atoms with E-state index in [4.69, 9.17) is 16.3 Å². The third kappa shape index (κ3) is 3.71. The number of anilines is 1. The van der Waals surface area contributed by atoms with Gasteiger partial charge in [-0.1, -0.05) is 23.7 Å². The van der Waals surface area contributed by atoms with Crippen LogP contribution in [-0.4, -0.2) is 18.0 Å². The molecule has 20 heavy (non-hydrogen) atoms. The lowest BCUT2D eigenvalue weighted by molar-refractivity contribution is -0.115. The first-order valence-corrected chi connectivity index (χ1v) is 6.51. The molecule has 4 nitrogen and oxygen atoms in total. The molecule has 0 saturated heterocycles. The second-order valence-corrected chi connectivity index (χ2v) is 4.77. The summed E-state index contributed by atoms with van der Waals surface area (Å²) in [4.78, 5) is 16.0. The van der Waals surface area contributed by atoms with Crippen molar-refractivity contribution in [2.24, 2.45) is 0 Å². The topological polar surface area (TPSA) is 51.2 Å². The van der Waals surface area contributed by atoms with Gasteiger partial charge >= 0.3 is 0 Å². The molecule has 1 amide bonds. The number of carbonyl (C=O) groups is 1. The number of ether oxygens (including phenoxy) is 1. The number of pyridine rings is 1. The van der Waals surface area contributed by atoms with Crippen LogP contribution < -0.4 is 10.1 Å². The van der Waals surface area contributed by atoms with Gasteiger partial charge in [-0.2, -0.15) is 0 Å². The van der Waals surface area contributed by atoms with Crippen molar-refractivity contribution in [3.63, 3.8) is 0 Å². The third-order valence-corrected chi connectivity index (χ3v) is 3.19. The van der Waals surface area contributed by atoms with E-state index in [0.29, 0.717) is 10.8 Å². The van der Waals surface area contributed by atoms with Crippen molar-refractivity contribution >= 4 is 23.2 Å². The smallest absolute Gasteiger partial charge is 0.228 e. The van der Waals surface area contributed by atoms with Gasteiger partial charge in [-0.25, -0.2) is 4.98 Å². The number of amides is 1. The predicted octanol–water partition coefficient (Wildman–Crippen LogP) is 3.23. The van der Waals surface area contributed by atoms with Crippen molar-refractivity contribution in [3.8, 4) is 5.75 Å². The number of aromatic nitrogens is 1. The van der Waals surface area contributed by atoms with Gasteiger partial charge in [-0.05, 0) is 36.2 Å². The Balaban J connectivity index is 2.03. The fourth-order valence-corrected chi connectivity index (χ4v) is 1.90. The van der Waals surface area contributed by atoms with Gasteiger partial charge in [0, 0.05) is 0 Å². The number of methoxy groups -OCH3 is 1. The molecule has 1 aromatic carbocycles. The first-order chi connectivity index (χ1) is 9.58. The summed E-state index contributed by atoms with van der Waals surface area (Å²) in [5.74, 6) is 0.626. The Kier molecular flexibility index (Phi) is 4.58. The molecule has 1 N–H and O–H groups in total. The average Bonchev–Trinajstić information content (AvgIpc) is 2.43. The van der Waals surface area contributed by atoms with Crippen molar-refractivity contribution in [1.29, 1.82) is 0 Å². The monoisotopic (exact) mass is 290 g/mol. The maximum Gasteiger partial charge on any atom is 0.228 e. The number of halogens is 1. The Labute approximate surface area is 122 Å². The zero-order valence-corrected chi connectivity index (χ0v) is 12.1. The molecule has 0 atom stereocenters. The number of nitrogens with one attached hydrogen (secondary N) is 1. The molecule has 0 saturated carbocycles. The minimum atomic E-state index is -0.109. The molecular formula is C15H15ClN2O2. The zero-order chi connectivity index (χ0) is 14.5. The summed E-state index contributed by atoms with van der Waals surface area (Å²) in [5, 5.41) is 3.24. The van der Waals surface area contributed by atoms with Crippen LogP contribution in [-0.2, 0) is 11.2 Å². The Morgan fingerprint density at radius 3 is 2.90 bits per heavy atom. The molecule has 0 aliphatic rings. The second-order valence-electron chi connectivity index (χ2n) is 4.41. The highest BCUT2D eigenvalue weighted by molar-refractivity contribution is 6.30. The molecule has 0 radical (unpaired) electrons. The highest BCUT2D eigenvalue weighted by Crippen LogP contribution is 2.17. The molecule has 1 aromatic heterocycles. The van der Waals surface area contributed by atoms with Crippen molar-refractivity contribution in [2.75, 3.05) is 12.4 Å². The van der Waals surface area contributed by atoms with E-state index in [2.05, 4.69) is 10.3 Å². The molecule has 0 aliphatic carbocycles. The van der Waals surface area contributed by atoms with Gasteiger partial charge in [0.05, 0.1) is 25.4 Å². The number of rotatable bonds is 4. The fraction of sp³-hybridized carbons (Fsp3) is 0.200. The maximum absolute atomic E-state index is 12.0. The fourth-order valence-electron chi connectivity index (χ4n) is 1.80. The van der Waals surface area contributed by atoms with Gasteiger partial charge in [0.25, 0.3) is 0 Å². The molecule has 0 aliphatic heterocycles. The molecule has 104 valence electrons. The molecule has 1 heterocycles. The lowest BCUT2D eigenvalue weighted by Crippen LogP contribution is -2.14. The molecule has 0 unspecified atom stereocenters. The molecule has 2 aromatic rings. The third-order valence-electron chi connectivity index (χ3n) is 2.80. The lowest BCUT2D eigenvalue weighted by atomic mass is 10.1. The van der Waals surface area contributed by atoms with Crippen molar-refractivity contribution < 1.29 is 9.53 Å². The number of hydrogen-bond donors (Lipinski definition) is 1. The summed E-state index contributed by atoms with van der Waals surface area (Å²) in [6.45, 7) is 1.84. The molecule has 0 fully saturated rings. The highest BCUT2D eigenvalue weighted by Gasteiger charge is 2.06. The first-order valence-electron chi connectivity index (χ1n) is 6.13. The van der Waals surface area contributed by atoms with Crippen molar-refractivity contribution in [1.82, 2.24) is 4.98 Å². The zero-order valence-electron chi connectivity index (χ0n) is 11.3. The van der Waals surface area contributed by atoms with Crippen LogP contribution in [0.15, 0.2) is 36.5 Å². The Morgan fingerprint density at radius 1 is 1.40 bits per heavy atom. The van der Waals surface area contributed by atoms with Crippen LogP contribution in [0.25, 0.3) is 0 Å². The largest absolute Gasteiger partial charge is 0.497 e. The van der Waals surface area contributed by atoms with Crippen molar-refractivity contribution in [2.45, 2.75) is 13.3 Å². The molecule has 5 heteroatoms. The van der Waals surface area contributed by atoms with Gasteiger partial charge in [0.2, 0.25) is 5.91 Å². The number of aryl methyl sites for hydroxylation is 1. The summed E-state index contributed by atoms with van der Waals surface area (Å²) in [5.41, 5.74) is 2.35. The first kappa shape index (κ1) is 14.3. The number of carbonyl (C=O) groups excluding carboxylic acids is 1. The number of benzene rings is 1. The van der Waals surface area contributed by atoms with Gasteiger partial charge < -0.3 is 10.1 Å². The summed E-state index contributed by atoms with van der Waals surface area (Å²) in [6, 6.07) is 9.21. The Bertz CT molecular complexity index is 629. The Morgan fingerprint density at radius 2 is 2.20 bits per heavy atom. The molecule has 2 rings (SSSR count). The van der Waals surface area contributed by atoms with E-state index in [0.717, 1.165) is 16.9 Å². The van der Waals surface area contributed by atoms with Crippen LogP contribution in [0.1, 0.15) is 11.1 Å². The average molecular weight is 291 g/mol. The second kappa shape index (κ2) is 6.39. The standard InChI is InChI=1S/C15H15ClN2O2/c1-10-6-12(9-17-15(10)16)18-14(19)8-11-4-3-5-13(7-11)20-2/h3-7,9H,8H2,1-2H3,(H,18,19). The summed E-state index contributed by atoms with van der Waals surface area (Å²) < 4.78 is 5.13. The highest BCUT2D eigenvalue weighted by atomic mass is 35.5. The van der Waals surface area contributed by atoms with Gasteiger partial charge in [0.15, 0.2) is 0 Å². The molecular weight excluding hydrogens is 276 g/mol. The molecule has 0 bridgehead atoms. The van der Waals surface area contributed by atoms with Crippen LogP contribution in [0.5, 0.6) is 5.75 Å². The van der Waals surface area contributed by atoms with Gasteiger partial charge in [0.1, 0.15) is 10.9 Å². The minimum Gasteiger partial charge on any atom is -0.497 e.